The highest BCUT2D eigenvalue weighted by Crippen LogP contribution is 2.02. The molecule has 0 saturated carbocycles. The molecule has 1 N–H and O–H groups in total. The zero-order valence-corrected chi connectivity index (χ0v) is 9.00. The van der Waals surface area contributed by atoms with Crippen LogP contribution in [0.1, 0.15) is 30.8 Å². The van der Waals surface area contributed by atoms with Crippen LogP contribution >= 0.6 is 0 Å². The van der Waals surface area contributed by atoms with Crippen molar-refractivity contribution in [2.45, 2.75) is 32.9 Å². The SMILES string of the molecule is CCCc1nc(Cn2cc(CO)nn2)no1. The van der Waals surface area contributed by atoms with E-state index in [9.17, 15) is 0 Å². The van der Waals surface area contributed by atoms with Crippen LogP contribution in [-0.2, 0) is 19.6 Å². The highest BCUT2D eigenvalue weighted by atomic mass is 16.5. The molecule has 0 unspecified atom stereocenters. The number of rotatable bonds is 5. The summed E-state index contributed by atoms with van der Waals surface area (Å²) < 4.78 is 6.60. The topological polar surface area (TPSA) is 89.9 Å². The van der Waals surface area contributed by atoms with Crippen molar-refractivity contribution >= 4 is 0 Å². The summed E-state index contributed by atoms with van der Waals surface area (Å²) in [6, 6.07) is 0. The highest BCUT2D eigenvalue weighted by Gasteiger charge is 2.07. The molecule has 86 valence electrons. The second-order valence-electron chi connectivity index (χ2n) is 3.42. The Hall–Kier alpha value is -1.76. The van der Waals surface area contributed by atoms with Gasteiger partial charge >= 0.3 is 0 Å². The lowest BCUT2D eigenvalue weighted by molar-refractivity contribution is 0.276. The van der Waals surface area contributed by atoms with E-state index < -0.39 is 0 Å². The Kier molecular flexibility index (Phi) is 3.25. The smallest absolute Gasteiger partial charge is 0.226 e. The van der Waals surface area contributed by atoms with Crippen LogP contribution in [0.4, 0.5) is 0 Å². The quantitative estimate of drug-likeness (QED) is 0.776. The number of aryl methyl sites for hydroxylation is 1. The molecule has 2 heterocycles. The van der Waals surface area contributed by atoms with Crippen molar-refractivity contribution in [3.05, 3.63) is 23.6 Å². The summed E-state index contributed by atoms with van der Waals surface area (Å²) >= 11 is 0. The summed E-state index contributed by atoms with van der Waals surface area (Å²) in [7, 11) is 0. The first-order chi connectivity index (χ1) is 7.81. The van der Waals surface area contributed by atoms with Crippen LogP contribution < -0.4 is 0 Å². The van der Waals surface area contributed by atoms with Crippen molar-refractivity contribution in [3.63, 3.8) is 0 Å². The van der Waals surface area contributed by atoms with Gasteiger partial charge in [0, 0.05) is 6.42 Å². The van der Waals surface area contributed by atoms with Gasteiger partial charge in [-0.2, -0.15) is 4.98 Å². The fourth-order valence-electron chi connectivity index (χ4n) is 1.30. The minimum atomic E-state index is -0.118. The Balaban J connectivity index is 2.02. The second kappa shape index (κ2) is 4.84. The molecule has 0 bridgehead atoms. The third-order valence-corrected chi connectivity index (χ3v) is 2.03. The third-order valence-electron chi connectivity index (χ3n) is 2.03. The number of aliphatic hydroxyl groups excluding tert-OH is 1. The van der Waals surface area contributed by atoms with Crippen molar-refractivity contribution < 1.29 is 9.63 Å². The Labute approximate surface area is 92.1 Å². The molecular formula is C9H13N5O2. The molecule has 0 radical (unpaired) electrons. The minimum Gasteiger partial charge on any atom is -0.390 e. The summed E-state index contributed by atoms with van der Waals surface area (Å²) in [5.41, 5.74) is 0.525. The van der Waals surface area contributed by atoms with Crippen LogP contribution in [0.3, 0.4) is 0 Å². The van der Waals surface area contributed by atoms with Crippen LogP contribution in [-0.4, -0.2) is 30.2 Å². The van der Waals surface area contributed by atoms with Crippen molar-refractivity contribution in [2.24, 2.45) is 0 Å². The van der Waals surface area contributed by atoms with E-state index in [-0.39, 0.29) is 6.61 Å². The zero-order valence-electron chi connectivity index (χ0n) is 9.00. The van der Waals surface area contributed by atoms with Gasteiger partial charge in [-0.15, -0.1) is 5.10 Å². The van der Waals surface area contributed by atoms with Gasteiger partial charge in [0.15, 0.2) is 5.82 Å². The maximum atomic E-state index is 8.83. The first-order valence-corrected chi connectivity index (χ1v) is 5.13. The Bertz CT molecular complexity index is 450. The molecule has 0 atom stereocenters. The van der Waals surface area contributed by atoms with E-state index in [1.165, 1.54) is 0 Å². The number of nitrogens with zero attached hydrogens (tertiary/aromatic N) is 5. The fourth-order valence-corrected chi connectivity index (χ4v) is 1.30. The van der Waals surface area contributed by atoms with E-state index in [4.69, 9.17) is 9.63 Å². The fraction of sp³-hybridized carbons (Fsp3) is 0.556. The van der Waals surface area contributed by atoms with Crippen LogP contribution in [0.5, 0.6) is 0 Å². The molecule has 16 heavy (non-hydrogen) atoms. The lowest BCUT2D eigenvalue weighted by Crippen LogP contribution is -2.02. The van der Waals surface area contributed by atoms with E-state index in [0.29, 0.717) is 24.0 Å². The maximum absolute atomic E-state index is 8.83. The third kappa shape index (κ3) is 2.43. The standard InChI is InChI=1S/C9H13N5O2/c1-2-3-9-10-8(12-16-9)5-14-4-7(6-15)11-13-14/h4,15H,2-3,5-6H2,1H3. The summed E-state index contributed by atoms with van der Waals surface area (Å²) in [6.45, 7) is 2.34. The largest absolute Gasteiger partial charge is 0.390 e. The Morgan fingerprint density at radius 3 is 3.06 bits per heavy atom. The minimum absolute atomic E-state index is 0.118. The van der Waals surface area contributed by atoms with E-state index in [2.05, 4.69) is 27.4 Å². The Morgan fingerprint density at radius 2 is 2.38 bits per heavy atom. The van der Waals surface area contributed by atoms with Crippen LogP contribution in [0.2, 0.25) is 0 Å². The Morgan fingerprint density at radius 1 is 1.50 bits per heavy atom. The van der Waals surface area contributed by atoms with Gasteiger partial charge in [0.25, 0.3) is 0 Å². The van der Waals surface area contributed by atoms with Crippen molar-refractivity contribution in [2.75, 3.05) is 0 Å². The molecule has 2 aromatic rings. The first-order valence-electron chi connectivity index (χ1n) is 5.13. The molecule has 7 nitrogen and oxygen atoms in total. The molecule has 0 saturated heterocycles. The molecular weight excluding hydrogens is 210 g/mol. The molecule has 0 aliphatic heterocycles. The molecule has 7 heteroatoms. The monoisotopic (exact) mass is 223 g/mol. The van der Waals surface area contributed by atoms with Gasteiger partial charge in [0.05, 0.1) is 12.8 Å². The summed E-state index contributed by atoms with van der Waals surface area (Å²) in [6.07, 6.45) is 3.40. The summed E-state index contributed by atoms with van der Waals surface area (Å²) in [4.78, 5) is 4.20. The second-order valence-corrected chi connectivity index (χ2v) is 3.42. The van der Waals surface area contributed by atoms with E-state index >= 15 is 0 Å². The van der Waals surface area contributed by atoms with Gasteiger partial charge in [-0.25, -0.2) is 4.68 Å². The van der Waals surface area contributed by atoms with Gasteiger partial charge < -0.3 is 9.63 Å². The van der Waals surface area contributed by atoms with Gasteiger partial charge in [-0.05, 0) is 6.42 Å². The van der Waals surface area contributed by atoms with Crippen molar-refractivity contribution in [3.8, 4) is 0 Å². The zero-order chi connectivity index (χ0) is 11.4. The molecule has 0 aliphatic rings. The molecule has 0 amide bonds. The molecule has 0 spiro atoms. The maximum Gasteiger partial charge on any atom is 0.226 e. The summed E-state index contributed by atoms with van der Waals surface area (Å²) in [5, 5.41) is 20.2. The molecule has 0 fully saturated rings. The number of hydrogen-bond acceptors (Lipinski definition) is 6. The van der Waals surface area contributed by atoms with Crippen LogP contribution in [0.15, 0.2) is 10.7 Å². The molecule has 2 aromatic heterocycles. The predicted molar refractivity (Wildman–Crippen MR) is 53.3 cm³/mol. The van der Waals surface area contributed by atoms with Gasteiger partial charge in [0.1, 0.15) is 12.2 Å². The highest BCUT2D eigenvalue weighted by molar-refractivity contribution is 4.92. The lowest BCUT2D eigenvalue weighted by atomic mass is 10.3. The first kappa shape index (κ1) is 10.7. The van der Waals surface area contributed by atoms with E-state index in [1.54, 1.807) is 10.9 Å². The average molecular weight is 223 g/mol. The number of aromatic nitrogens is 5. The van der Waals surface area contributed by atoms with Gasteiger partial charge in [-0.1, -0.05) is 17.3 Å². The molecule has 2 rings (SSSR count). The lowest BCUT2D eigenvalue weighted by Gasteiger charge is -1.91. The van der Waals surface area contributed by atoms with E-state index in [0.717, 1.165) is 12.8 Å². The average Bonchev–Trinajstić information content (AvgIpc) is 2.89. The van der Waals surface area contributed by atoms with Crippen molar-refractivity contribution in [1.29, 1.82) is 0 Å². The van der Waals surface area contributed by atoms with Crippen LogP contribution in [0, 0.1) is 0 Å². The van der Waals surface area contributed by atoms with Gasteiger partial charge in [0.2, 0.25) is 5.89 Å². The normalized spacial score (nSPS) is 10.9. The van der Waals surface area contributed by atoms with E-state index in [1.807, 2.05) is 0 Å². The van der Waals surface area contributed by atoms with Gasteiger partial charge in [-0.3, -0.25) is 0 Å². The number of hydrogen-bond donors (Lipinski definition) is 1. The number of aliphatic hydroxyl groups is 1. The van der Waals surface area contributed by atoms with Crippen LogP contribution in [0.25, 0.3) is 0 Å². The molecule has 0 aromatic carbocycles. The van der Waals surface area contributed by atoms with Crippen molar-refractivity contribution in [1.82, 2.24) is 25.1 Å². The predicted octanol–water partition coefficient (Wildman–Crippen LogP) is 0.154. The molecule has 0 aliphatic carbocycles. The summed E-state index contributed by atoms with van der Waals surface area (Å²) in [5.74, 6) is 1.21.